The fraction of sp³-hybridized carbons (Fsp3) is 0.414. The molecule has 0 spiro atoms. The average molecular weight is 503 g/mol. The molecule has 7 rings (SSSR count). The van der Waals surface area contributed by atoms with Crippen molar-refractivity contribution in [3.8, 4) is 5.75 Å². The predicted octanol–water partition coefficient (Wildman–Crippen LogP) is 3.61. The number of hydrogen-bond acceptors (Lipinski definition) is 5. The number of phenols is 1. The highest BCUT2D eigenvalue weighted by molar-refractivity contribution is 7.91. The summed E-state index contributed by atoms with van der Waals surface area (Å²) in [7, 11) is -3.91. The number of phenolic OH excluding ortho intramolecular Hbond substituents is 1. The monoisotopic (exact) mass is 502 g/mol. The Morgan fingerprint density at radius 2 is 1.83 bits per heavy atom. The van der Waals surface area contributed by atoms with E-state index in [9.17, 15) is 18.3 Å². The van der Waals surface area contributed by atoms with Crippen molar-refractivity contribution in [3.63, 3.8) is 0 Å². The largest absolute Gasteiger partial charge is 0.508 e. The van der Waals surface area contributed by atoms with Gasteiger partial charge in [0.15, 0.2) is 0 Å². The summed E-state index contributed by atoms with van der Waals surface area (Å²) in [5, 5.41) is 10.4. The molecule has 3 unspecified atom stereocenters. The van der Waals surface area contributed by atoms with Crippen molar-refractivity contribution in [2.45, 2.75) is 59.8 Å². The molecule has 0 radical (unpaired) electrons. The molecule has 1 aromatic heterocycles. The minimum absolute atomic E-state index is 0.136. The number of piperidine rings is 1. The zero-order valence-electron chi connectivity index (χ0n) is 20.1. The second kappa shape index (κ2) is 7.80. The summed E-state index contributed by atoms with van der Waals surface area (Å²) in [4.78, 5) is 18.8. The topological polar surface area (TPSA) is 90.5 Å². The molecule has 2 aromatic carbocycles. The molecule has 36 heavy (non-hydrogen) atoms. The van der Waals surface area contributed by atoms with Crippen molar-refractivity contribution < 1.29 is 13.5 Å². The number of benzene rings is 2. The van der Waals surface area contributed by atoms with Crippen molar-refractivity contribution in [1.82, 2.24) is 9.88 Å². The molecule has 2 heterocycles. The lowest BCUT2D eigenvalue weighted by Gasteiger charge is -2.59. The molecular formula is C29H30N2O4S. The van der Waals surface area contributed by atoms with E-state index in [0.29, 0.717) is 18.4 Å². The zero-order valence-corrected chi connectivity index (χ0v) is 20.9. The maximum atomic E-state index is 13.3. The molecular weight excluding hydrogens is 472 g/mol. The van der Waals surface area contributed by atoms with Crippen LogP contribution in [0.2, 0.25) is 0 Å². The number of aromatic hydroxyl groups is 1. The van der Waals surface area contributed by atoms with E-state index in [-0.39, 0.29) is 21.0 Å². The lowest BCUT2D eigenvalue weighted by molar-refractivity contribution is 0.00453. The summed E-state index contributed by atoms with van der Waals surface area (Å²) in [5.41, 5.74) is 3.57. The lowest BCUT2D eigenvalue weighted by atomic mass is 9.52. The van der Waals surface area contributed by atoms with E-state index in [4.69, 9.17) is 0 Å². The van der Waals surface area contributed by atoms with Gasteiger partial charge in [0, 0.05) is 23.7 Å². The molecule has 1 saturated carbocycles. The third kappa shape index (κ3) is 3.32. The van der Waals surface area contributed by atoms with Gasteiger partial charge in [0.05, 0.1) is 4.90 Å². The first kappa shape index (κ1) is 22.3. The van der Waals surface area contributed by atoms with Gasteiger partial charge in [-0.15, -0.1) is 0 Å². The van der Waals surface area contributed by atoms with Crippen LogP contribution >= 0.6 is 0 Å². The molecule has 4 aliphatic rings. The molecule has 3 atom stereocenters. The van der Waals surface area contributed by atoms with Gasteiger partial charge in [-0.2, -0.15) is 0 Å². The number of aromatic nitrogens is 1. The smallest absolute Gasteiger partial charge is 0.267 e. The molecule has 2 bridgehead atoms. The summed E-state index contributed by atoms with van der Waals surface area (Å²) in [6.45, 7) is 2.16. The number of nitrogens with zero attached hydrogens (tertiary/aromatic N) is 1. The Morgan fingerprint density at radius 3 is 2.61 bits per heavy atom. The van der Waals surface area contributed by atoms with Crippen molar-refractivity contribution >= 4 is 9.84 Å². The summed E-state index contributed by atoms with van der Waals surface area (Å²) in [6.07, 6.45) is 5.94. The molecule has 2 fully saturated rings. The number of sulfone groups is 1. The fourth-order valence-electron chi connectivity index (χ4n) is 7.27. The van der Waals surface area contributed by atoms with Crippen molar-refractivity contribution in [3.05, 3.63) is 87.3 Å². The minimum atomic E-state index is -3.91. The number of likely N-dealkylation sites (tertiary alicyclic amines) is 1. The second-order valence-corrected chi connectivity index (χ2v) is 13.1. The van der Waals surface area contributed by atoms with Crippen LogP contribution in [0.3, 0.4) is 0 Å². The van der Waals surface area contributed by atoms with Crippen LogP contribution in [-0.2, 0) is 34.5 Å². The van der Waals surface area contributed by atoms with Crippen molar-refractivity contribution in [1.29, 1.82) is 0 Å². The van der Waals surface area contributed by atoms with Crippen LogP contribution in [0.1, 0.15) is 41.6 Å². The number of H-pyrrole nitrogens is 1. The summed E-state index contributed by atoms with van der Waals surface area (Å²) in [5.74, 6) is 1.39. The predicted molar refractivity (Wildman–Crippen MR) is 136 cm³/mol. The van der Waals surface area contributed by atoms with Crippen LogP contribution < -0.4 is 5.56 Å². The first-order valence-corrected chi connectivity index (χ1v) is 14.5. The Balaban J connectivity index is 1.35. The maximum absolute atomic E-state index is 13.3. The van der Waals surface area contributed by atoms with Crippen LogP contribution in [-0.4, -0.2) is 42.5 Å². The molecule has 1 aliphatic heterocycles. The first-order valence-electron chi connectivity index (χ1n) is 13.0. The summed E-state index contributed by atoms with van der Waals surface area (Å²) < 4.78 is 26.7. The highest BCUT2D eigenvalue weighted by Crippen LogP contribution is 2.55. The standard InChI is InChI=1S/C29H30N2O4S/c32-21-9-8-19-13-26-24-12-20-14-27(36(34,35)22-4-2-1-3-5-22)28(33)30-25(20)16-29(24,23(19)15-21)10-11-31(26)17-18-6-7-18/h1-5,8-9,14-15,18,24,26,32H,6-7,10-13,16-17H2,(H,30,33). The number of aromatic amines is 1. The third-order valence-electron chi connectivity index (χ3n) is 9.19. The molecule has 0 amide bonds. The van der Waals surface area contributed by atoms with Gasteiger partial charge >= 0.3 is 0 Å². The van der Waals surface area contributed by atoms with Gasteiger partial charge in [-0.25, -0.2) is 8.42 Å². The molecule has 7 heteroatoms. The van der Waals surface area contributed by atoms with E-state index < -0.39 is 15.4 Å². The summed E-state index contributed by atoms with van der Waals surface area (Å²) >= 11 is 0. The van der Waals surface area contributed by atoms with E-state index in [1.54, 1.807) is 30.3 Å². The minimum Gasteiger partial charge on any atom is -0.508 e. The normalized spacial score (nSPS) is 27.1. The number of hydrogen-bond donors (Lipinski definition) is 2. The number of pyridine rings is 1. The third-order valence-corrected chi connectivity index (χ3v) is 11.0. The number of nitrogens with one attached hydrogen (secondary N) is 1. The molecule has 1 saturated heterocycles. The van der Waals surface area contributed by atoms with Crippen LogP contribution in [0, 0.1) is 11.8 Å². The van der Waals surface area contributed by atoms with Crippen LogP contribution in [0.15, 0.2) is 69.2 Å². The van der Waals surface area contributed by atoms with Gasteiger partial charge in [0.25, 0.3) is 5.56 Å². The van der Waals surface area contributed by atoms with E-state index in [1.807, 2.05) is 6.07 Å². The van der Waals surface area contributed by atoms with Gasteiger partial charge in [-0.1, -0.05) is 24.3 Å². The second-order valence-electron chi connectivity index (χ2n) is 11.2. The molecule has 2 N–H and O–H groups in total. The van der Waals surface area contributed by atoms with E-state index in [1.165, 1.54) is 36.1 Å². The Labute approximate surface area is 210 Å². The molecule has 6 nitrogen and oxygen atoms in total. The lowest BCUT2D eigenvalue weighted by Crippen LogP contribution is -2.63. The Morgan fingerprint density at radius 1 is 1.03 bits per heavy atom. The Bertz CT molecular complexity index is 1530. The van der Waals surface area contributed by atoms with Crippen LogP contribution in [0.5, 0.6) is 5.75 Å². The van der Waals surface area contributed by atoms with Gasteiger partial charge < -0.3 is 10.1 Å². The number of rotatable bonds is 4. The van der Waals surface area contributed by atoms with Gasteiger partial charge in [-0.3, -0.25) is 9.69 Å². The molecule has 3 aliphatic carbocycles. The first-order chi connectivity index (χ1) is 17.3. The Kier molecular flexibility index (Phi) is 4.83. The highest BCUT2D eigenvalue weighted by atomic mass is 32.2. The van der Waals surface area contributed by atoms with Gasteiger partial charge in [-0.05, 0) is 104 Å². The Hall–Kier alpha value is -2.90. The molecule has 186 valence electrons. The molecule has 3 aromatic rings. The van der Waals surface area contributed by atoms with Crippen LogP contribution in [0.25, 0.3) is 0 Å². The number of fused-ring (bicyclic) bond motifs is 2. The zero-order chi connectivity index (χ0) is 24.7. The average Bonchev–Trinajstić information content (AvgIpc) is 3.69. The fourth-order valence-corrected chi connectivity index (χ4v) is 8.63. The van der Waals surface area contributed by atoms with Gasteiger partial charge in [0.1, 0.15) is 10.6 Å². The highest BCUT2D eigenvalue weighted by Gasteiger charge is 2.55. The van der Waals surface area contributed by atoms with Crippen molar-refractivity contribution in [2.24, 2.45) is 11.8 Å². The van der Waals surface area contributed by atoms with E-state index >= 15 is 0 Å². The SMILES string of the molecule is O=c1[nH]c2c(cc1S(=O)(=O)c1ccccc1)CC1C3Cc4ccc(O)cc4C1(CCN3CC1CC1)C2. The maximum Gasteiger partial charge on any atom is 0.267 e. The van der Waals surface area contributed by atoms with E-state index in [0.717, 1.165) is 49.5 Å². The summed E-state index contributed by atoms with van der Waals surface area (Å²) in [6, 6.07) is 16.0. The van der Waals surface area contributed by atoms with Crippen molar-refractivity contribution in [2.75, 3.05) is 13.1 Å². The quantitative estimate of drug-likeness (QED) is 0.569. The van der Waals surface area contributed by atoms with E-state index in [2.05, 4.69) is 16.0 Å². The van der Waals surface area contributed by atoms with Gasteiger partial charge in [0.2, 0.25) is 9.84 Å². The van der Waals surface area contributed by atoms with Crippen LogP contribution in [0.4, 0.5) is 0 Å².